The van der Waals surface area contributed by atoms with Crippen LogP contribution in [0.15, 0.2) is 82.9 Å². The number of hydrogen-bond acceptors (Lipinski definition) is 5. The molecule has 6 nitrogen and oxygen atoms in total. The van der Waals surface area contributed by atoms with Crippen molar-refractivity contribution in [3.05, 3.63) is 101 Å². The summed E-state index contributed by atoms with van der Waals surface area (Å²) in [6.45, 7) is 6.04. The molecule has 0 bridgehead atoms. The van der Waals surface area contributed by atoms with Crippen molar-refractivity contribution in [2.24, 2.45) is 10.1 Å². The van der Waals surface area contributed by atoms with E-state index in [2.05, 4.69) is 59.7 Å². The third kappa shape index (κ3) is 5.26. The smallest absolute Gasteiger partial charge is 0.262 e. The summed E-state index contributed by atoms with van der Waals surface area (Å²) in [5, 5.41) is 9.66. The summed E-state index contributed by atoms with van der Waals surface area (Å²) in [5.41, 5.74) is 7.20. The molecule has 2 atom stereocenters. The van der Waals surface area contributed by atoms with E-state index in [1.54, 1.807) is 0 Å². The van der Waals surface area contributed by atoms with Gasteiger partial charge in [0.2, 0.25) is 5.91 Å². The first kappa shape index (κ1) is 24.0. The number of carbonyl (C=O) groups is 2. The topological polar surface area (TPSA) is 74.1 Å². The molecular formula is C29H28N4O2S. The van der Waals surface area contributed by atoms with Gasteiger partial charge in [-0.1, -0.05) is 78.0 Å². The summed E-state index contributed by atoms with van der Waals surface area (Å²) in [6, 6.07) is 24.3. The highest BCUT2D eigenvalue weighted by atomic mass is 32.2. The Bertz CT molecular complexity index is 1350. The number of carbonyl (C=O) groups excluding carboxylic acids is 2. The van der Waals surface area contributed by atoms with Crippen molar-refractivity contribution in [3.63, 3.8) is 0 Å². The van der Waals surface area contributed by atoms with Gasteiger partial charge in [-0.15, -0.1) is 0 Å². The number of amidine groups is 1. The summed E-state index contributed by atoms with van der Waals surface area (Å²) in [5.74, 6) is -0.497. The SMILES string of the molecule is Cc1ccc(C2=NN(C3=NC(=O)[C@@H](CC(=O)Nc4cc(C)cc(C)c4)S3)[C@@H](c3ccccc3)C2)cc1. The van der Waals surface area contributed by atoms with Crippen molar-refractivity contribution in [1.82, 2.24) is 5.01 Å². The van der Waals surface area contributed by atoms with Crippen LogP contribution in [0.3, 0.4) is 0 Å². The highest BCUT2D eigenvalue weighted by molar-refractivity contribution is 8.15. The molecule has 0 aliphatic carbocycles. The number of hydrogen-bond donors (Lipinski definition) is 1. The molecule has 3 aromatic carbocycles. The minimum atomic E-state index is -0.569. The van der Waals surface area contributed by atoms with Gasteiger partial charge in [-0.2, -0.15) is 10.1 Å². The number of hydrazone groups is 1. The third-order valence-corrected chi connectivity index (χ3v) is 7.42. The van der Waals surface area contributed by atoms with E-state index in [0.717, 1.165) is 33.7 Å². The number of rotatable bonds is 5. The lowest BCUT2D eigenvalue weighted by Crippen LogP contribution is -2.25. The van der Waals surface area contributed by atoms with Crippen molar-refractivity contribution in [1.29, 1.82) is 0 Å². The second-order valence-electron chi connectivity index (χ2n) is 9.36. The first-order chi connectivity index (χ1) is 17.4. The van der Waals surface area contributed by atoms with E-state index in [1.807, 2.05) is 49.2 Å². The number of nitrogens with zero attached hydrogens (tertiary/aromatic N) is 3. The van der Waals surface area contributed by atoms with Crippen LogP contribution in [0.25, 0.3) is 0 Å². The molecule has 0 fully saturated rings. The molecule has 0 saturated carbocycles. The Balaban J connectivity index is 1.34. The molecule has 0 unspecified atom stereocenters. The summed E-state index contributed by atoms with van der Waals surface area (Å²) in [7, 11) is 0. The molecule has 182 valence electrons. The van der Waals surface area contributed by atoms with Crippen LogP contribution in [0.5, 0.6) is 0 Å². The average Bonchev–Trinajstić information content (AvgIpc) is 3.43. The molecule has 1 N–H and O–H groups in total. The third-order valence-electron chi connectivity index (χ3n) is 6.28. The van der Waals surface area contributed by atoms with Crippen molar-refractivity contribution in [3.8, 4) is 0 Å². The fourth-order valence-corrected chi connectivity index (χ4v) is 5.64. The van der Waals surface area contributed by atoms with Gasteiger partial charge in [0.25, 0.3) is 5.91 Å². The van der Waals surface area contributed by atoms with Crippen molar-refractivity contribution >= 4 is 40.1 Å². The zero-order chi connectivity index (χ0) is 25.2. The number of nitrogens with one attached hydrogen (secondary N) is 1. The Labute approximate surface area is 215 Å². The number of benzene rings is 3. The fourth-order valence-electron chi connectivity index (χ4n) is 4.57. The Morgan fingerprint density at radius 1 is 0.972 bits per heavy atom. The zero-order valence-corrected chi connectivity index (χ0v) is 21.4. The molecule has 7 heteroatoms. The minimum Gasteiger partial charge on any atom is -0.326 e. The van der Waals surface area contributed by atoms with Crippen LogP contribution in [0.4, 0.5) is 5.69 Å². The molecule has 5 rings (SSSR count). The second-order valence-corrected chi connectivity index (χ2v) is 10.5. The average molecular weight is 497 g/mol. The molecule has 2 aliphatic heterocycles. The van der Waals surface area contributed by atoms with Gasteiger partial charge in [-0.25, -0.2) is 5.01 Å². The Kier molecular flexibility index (Phi) is 6.74. The molecule has 2 heterocycles. The molecule has 36 heavy (non-hydrogen) atoms. The first-order valence-electron chi connectivity index (χ1n) is 12.0. The van der Waals surface area contributed by atoms with Gasteiger partial charge in [-0.05, 0) is 55.2 Å². The predicted octanol–water partition coefficient (Wildman–Crippen LogP) is 5.79. The lowest BCUT2D eigenvalue weighted by atomic mass is 9.98. The van der Waals surface area contributed by atoms with Crippen molar-refractivity contribution in [2.45, 2.75) is 44.9 Å². The van der Waals surface area contributed by atoms with Crippen LogP contribution < -0.4 is 5.32 Å². The van der Waals surface area contributed by atoms with Crippen molar-refractivity contribution < 1.29 is 9.59 Å². The maximum absolute atomic E-state index is 12.8. The zero-order valence-electron chi connectivity index (χ0n) is 20.6. The van der Waals surface area contributed by atoms with Gasteiger partial charge in [0, 0.05) is 18.5 Å². The molecule has 0 radical (unpaired) electrons. The van der Waals surface area contributed by atoms with Gasteiger partial charge < -0.3 is 5.32 Å². The predicted molar refractivity (Wildman–Crippen MR) is 146 cm³/mol. The van der Waals surface area contributed by atoms with Crippen molar-refractivity contribution in [2.75, 3.05) is 5.32 Å². The monoisotopic (exact) mass is 496 g/mol. The van der Waals surface area contributed by atoms with E-state index < -0.39 is 5.25 Å². The van der Waals surface area contributed by atoms with E-state index in [4.69, 9.17) is 5.10 Å². The van der Waals surface area contributed by atoms with Crippen LogP contribution in [0.2, 0.25) is 0 Å². The Morgan fingerprint density at radius 2 is 1.67 bits per heavy atom. The van der Waals surface area contributed by atoms with Gasteiger partial charge in [0.15, 0.2) is 5.17 Å². The Hall–Kier alpha value is -3.71. The van der Waals surface area contributed by atoms with Gasteiger partial charge in [0.05, 0.1) is 11.8 Å². The molecule has 3 aromatic rings. The number of amides is 2. The molecule has 2 aliphatic rings. The van der Waals surface area contributed by atoms with Crippen LogP contribution in [0, 0.1) is 20.8 Å². The summed E-state index contributed by atoms with van der Waals surface area (Å²) in [6.07, 6.45) is 0.764. The van der Waals surface area contributed by atoms with Gasteiger partial charge in [0.1, 0.15) is 5.25 Å². The Morgan fingerprint density at radius 3 is 2.36 bits per heavy atom. The second kappa shape index (κ2) is 10.1. The number of anilines is 1. The number of aryl methyl sites for hydroxylation is 3. The van der Waals surface area contributed by atoms with Crippen LogP contribution in [0.1, 0.15) is 46.7 Å². The summed E-state index contributed by atoms with van der Waals surface area (Å²) in [4.78, 5) is 29.9. The highest BCUT2D eigenvalue weighted by Gasteiger charge is 2.39. The lowest BCUT2D eigenvalue weighted by molar-refractivity contribution is -0.121. The quantitative estimate of drug-likeness (QED) is 0.485. The number of aliphatic imine (C=N–C) groups is 1. The summed E-state index contributed by atoms with van der Waals surface area (Å²) < 4.78 is 0. The van der Waals surface area contributed by atoms with E-state index in [-0.39, 0.29) is 24.3 Å². The van der Waals surface area contributed by atoms with Crippen LogP contribution in [-0.4, -0.2) is 33.0 Å². The minimum absolute atomic E-state index is 0.0574. The maximum Gasteiger partial charge on any atom is 0.262 e. The molecule has 2 amide bonds. The van der Waals surface area contributed by atoms with Gasteiger partial charge in [-0.3, -0.25) is 9.59 Å². The van der Waals surface area contributed by atoms with Gasteiger partial charge >= 0.3 is 0 Å². The highest BCUT2D eigenvalue weighted by Crippen LogP contribution is 2.38. The van der Waals surface area contributed by atoms with Crippen LogP contribution >= 0.6 is 11.8 Å². The number of thioether (sulfide) groups is 1. The lowest BCUT2D eigenvalue weighted by Gasteiger charge is -2.23. The largest absolute Gasteiger partial charge is 0.326 e. The standard InChI is InChI=1S/C29H28N4O2S/c1-18-9-11-21(12-10-18)24-16-25(22-7-5-4-6-8-22)33(32-24)29-31-28(35)26(36-29)17-27(34)30-23-14-19(2)13-20(3)15-23/h4-15,25-26H,16-17H2,1-3H3,(H,30,34)/t25-,26-/m1/s1. The molecule has 0 spiro atoms. The maximum atomic E-state index is 12.8. The molecule has 0 saturated heterocycles. The normalized spacial score (nSPS) is 19.3. The van der Waals surface area contributed by atoms with E-state index >= 15 is 0 Å². The molecule has 0 aromatic heterocycles. The molecular weight excluding hydrogens is 468 g/mol. The van der Waals surface area contributed by atoms with Crippen LogP contribution in [-0.2, 0) is 9.59 Å². The van der Waals surface area contributed by atoms with E-state index in [9.17, 15) is 9.59 Å². The summed E-state index contributed by atoms with van der Waals surface area (Å²) >= 11 is 1.32. The fraction of sp³-hybridized carbons (Fsp3) is 0.241. The van der Waals surface area contributed by atoms with E-state index in [0.29, 0.717) is 11.6 Å². The van der Waals surface area contributed by atoms with E-state index in [1.165, 1.54) is 17.3 Å². The first-order valence-corrected chi connectivity index (χ1v) is 12.9.